The van der Waals surface area contributed by atoms with E-state index in [0.717, 1.165) is 25.8 Å². The molecule has 0 radical (unpaired) electrons. The smallest absolute Gasteiger partial charge is 0.253 e. The van der Waals surface area contributed by atoms with Gasteiger partial charge in [-0.2, -0.15) is 4.31 Å². The molecular weight excluding hydrogens is 376 g/mol. The summed E-state index contributed by atoms with van der Waals surface area (Å²) in [5.41, 5.74) is 0.371. The van der Waals surface area contributed by atoms with Crippen LogP contribution in [0.3, 0.4) is 0 Å². The average Bonchev–Trinajstić information content (AvgIpc) is 3.46. The first-order valence-corrected chi connectivity index (χ1v) is 10.9. The molecule has 3 rings (SSSR count). The van der Waals surface area contributed by atoms with Crippen molar-refractivity contribution in [2.45, 2.75) is 31.1 Å². The van der Waals surface area contributed by atoms with Gasteiger partial charge in [0.1, 0.15) is 4.90 Å². The minimum Gasteiger partial charge on any atom is -0.379 e. The van der Waals surface area contributed by atoms with Gasteiger partial charge in [-0.05, 0) is 43.4 Å². The van der Waals surface area contributed by atoms with Gasteiger partial charge in [-0.15, -0.1) is 0 Å². The predicted octanol–water partition coefficient (Wildman–Crippen LogP) is 2.62. The van der Waals surface area contributed by atoms with Crippen LogP contribution in [0.5, 0.6) is 0 Å². The van der Waals surface area contributed by atoms with Gasteiger partial charge in [0.2, 0.25) is 10.0 Å². The van der Waals surface area contributed by atoms with Crippen molar-refractivity contribution in [2.24, 2.45) is 5.92 Å². The van der Waals surface area contributed by atoms with Crippen molar-refractivity contribution in [3.8, 4) is 0 Å². The number of hydrogen-bond donors (Lipinski definition) is 0. The zero-order valence-corrected chi connectivity index (χ0v) is 16.6. The summed E-state index contributed by atoms with van der Waals surface area (Å²) in [5.74, 6) is 0.447. The van der Waals surface area contributed by atoms with Crippen molar-refractivity contribution in [1.29, 1.82) is 0 Å². The van der Waals surface area contributed by atoms with Crippen molar-refractivity contribution in [2.75, 3.05) is 39.4 Å². The second-order valence-electron chi connectivity index (χ2n) is 6.86. The zero-order chi connectivity index (χ0) is 18.7. The van der Waals surface area contributed by atoms with E-state index in [1.54, 1.807) is 6.07 Å². The number of rotatable bonds is 7. The molecule has 0 unspecified atom stereocenters. The highest BCUT2D eigenvalue weighted by Crippen LogP contribution is 2.31. The van der Waals surface area contributed by atoms with E-state index in [4.69, 9.17) is 16.3 Å². The highest BCUT2D eigenvalue weighted by Gasteiger charge is 2.31. The van der Waals surface area contributed by atoms with E-state index in [1.165, 1.54) is 16.4 Å². The van der Waals surface area contributed by atoms with E-state index >= 15 is 0 Å². The number of amides is 1. The number of benzene rings is 1. The number of carbonyl (C=O) groups is 1. The molecule has 1 amide bonds. The van der Waals surface area contributed by atoms with Crippen molar-refractivity contribution in [3.05, 3.63) is 28.8 Å². The summed E-state index contributed by atoms with van der Waals surface area (Å²) in [4.78, 5) is 14.7. The first-order chi connectivity index (χ1) is 12.4. The molecule has 0 bridgehead atoms. The molecule has 1 aliphatic carbocycles. The molecule has 0 atom stereocenters. The molecule has 2 fully saturated rings. The molecule has 8 heteroatoms. The third kappa shape index (κ3) is 4.39. The fourth-order valence-electron chi connectivity index (χ4n) is 3.10. The molecule has 1 aromatic carbocycles. The van der Waals surface area contributed by atoms with Crippen molar-refractivity contribution in [1.82, 2.24) is 9.21 Å². The van der Waals surface area contributed by atoms with E-state index < -0.39 is 10.0 Å². The first-order valence-electron chi connectivity index (χ1n) is 9.10. The predicted molar refractivity (Wildman–Crippen MR) is 99.9 cm³/mol. The summed E-state index contributed by atoms with van der Waals surface area (Å²) in [6.45, 7) is 4.75. The number of halogens is 1. The summed E-state index contributed by atoms with van der Waals surface area (Å²) >= 11 is 6.18. The lowest BCUT2D eigenvalue weighted by Crippen LogP contribution is -2.40. The number of ether oxygens (including phenoxy) is 1. The van der Waals surface area contributed by atoms with Gasteiger partial charge in [0.05, 0.1) is 18.2 Å². The Hall–Kier alpha value is -1.15. The number of morpholine rings is 1. The monoisotopic (exact) mass is 400 g/mol. The van der Waals surface area contributed by atoms with E-state index in [0.29, 0.717) is 44.3 Å². The van der Waals surface area contributed by atoms with Crippen LogP contribution in [0, 0.1) is 5.92 Å². The topological polar surface area (TPSA) is 66.9 Å². The largest absolute Gasteiger partial charge is 0.379 e. The van der Waals surface area contributed by atoms with Gasteiger partial charge >= 0.3 is 0 Å². The van der Waals surface area contributed by atoms with E-state index in [1.807, 2.05) is 11.8 Å². The minimum absolute atomic E-state index is 0.00483. The van der Waals surface area contributed by atoms with Crippen LogP contribution in [0.1, 0.15) is 36.5 Å². The Kier molecular flexibility index (Phi) is 6.22. The molecular formula is C18H25ClN2O4S. The second-order valence-corrected chi connectivity index (χ2v) is 9.17. The summed E-state index contributed by atoms with van der Waals surface area (Å²) in [6, 6.07) is 4.53. The number of nitrogens with zero attached hydrogens (tertiary/aromatic N) is 2. The van der Waals surface area contributed by atoms with Gasteiger partial charge in [0.15, 0.2) is 0 Å². The third-order valence-electron chi connectivity index (χ3n) is 4.72. The highest BCUT2D eigenvalue weighted by molar-refractivity contribution is 7.89. The van der Waals surface area contributed by atoms with Crippen molar-refractivity contribution >= 4 is 27.5 Å². The molecule has 1 aliphatic heterocycles. The normalized spacial score (nSPS) is 18.7. The van der Waals surface area contributed by atoms with Gasteiger partial charge in [-0.25, -0.2) is 8.42 Å². The molecule has 6 nitrogen and oxygen atoms in total. The lowest BCUT2D eigenvalue weighted by atomic mass is 10.2. The minimum atomic E-state index is -3.75. The zero-order valence-electron chi connectivity index (χ0n) is 15.0. The summed E-state index contributed by atoms with van der Waals surface area (Å²) in [5, 5.41) is 0.136. The molecule has 1 aromatic rings. The Morgan fingerprint density at radius 1 is 1.31 bits per heavy atom. The van der Waals surface area contributed by atoms with Crippen molar-refractivity contribution in [3.63, 3.8) is 0 Å². The standard InChI is InChI=1S/C18H25ClN2O4S/c1-2-7-20(13-14-3-4-14)18(22)15-5-6-16(19)17(12-15)26(23,24)21-8-10-25-11-9-21/h5-6,12,14H,2-4,7-11,13H2,1H3. The fourth-order valence-corrected chi connectivity index (χ4v) is 5.01. The Morgan fingerprint density at radius 2 is 2.00 bits per heavy atom. The molecule has 0 N–H and O–H groups in total. The Bertz CT molecular complexity index is 758. The van der Waals surface area contributed by atoms with Gasteiger partial charge in [-0.1, -0.05) is 18.5 Å². The molecule has 0 aromatic heterocycles. The molecule has 144 valence electrons. The van der Waals surface area contributed by atoms with Crippen molar-refractivity contribution < 1.29 is 17.9 Å². The van der Waals surface area contributed by atoms with E-state index in [-0.39, 0.29) is 15.8 Å². The Balaban J connectivity index is 1.87. The Labute approximate surface area is 160 Å². The maximum atomic E-state index is 12.9. The summed E-state index contributed by atoms with van der Waals surface area (Å²) in [6.07, 6.45) is 3.18. The molecule has 1 saturated carbocycles. The van der Waals surface area contributed by atoms with Crippen LogP contribution in [0.4, 0.5) is 0 Å². The van der Waals surface area contributed by atoms with Crippen LogP contribution < -0.4 is 0 Å². The van der Waals surface area contributed by atoms with Crippen LogP contribution >= 0.6 is 11.6 Å². The van der Waals surface area contributed by atoms with Crippen LogP contribution in [0.2, 0.25) is 5.02 Å². The maximum absolute atomic E-state index is 12.9. The Morgan fingerprint density at radius 3 is 2.62 bits per heavy atom. The molecule has 2 aliphatic rings. The molecule has 26 heavy (non-hydrogen) atoms. The number of hydrogen-bond acceptors (Lipinski definition) is 4. The lowest BCUT2D eigenvalue weighted by molar-refractivity contribution is 0.0729. The highest BCUT2D eigenvalue weighted by atomic mass is 35.5. The quantitative estimate of drug-likeness (QED) is 0.705. The maximum Gasteiger partial charge on any atom is 0.253 e. The van der Waals surface area contributed by atoms with Crippen LogP contribution in [0.25, 0.3) is 0 Å². The van der Waals surface area contributed by atoms with Crippen LogP contribution in [0.15, 0.2) is 23.1 Å². The molecule has 0 spiro atoms. The SMILES string of the molecule is CCCN(CC1CC1)C(=O)c1ccc(Cl)c(S(=O)(=O)N2CCOCC2)c1. The van der Waals surface area contributed by atoms with Crippen LogP contribution in [-0.4, -0.2) is 62.9 Å². The van der Waals surface area contributed by atoms with Gasteiger partial charge in [-0.3, -0.25) is 4.79 Å². The van der Waals surface area contributed by atoms with Gasteiger partial charge in [0.25, 0.3) is 5.91 Å². The third-order valence-corrected chi connectivity index (χ3v) is 7.10. The van der Waals surface area contributed by atoms with Gasteiger partial charge in [0, 0.05) is 31.7 Å². The summed E-state index contributed by atoms with van der Waals surface area (Å²) in [7, 11) is -3.75. The fraction of sp³-hybridized carbons (Fsp3) is 0.611. The first kappa shape index (κ1) is 19.6. The van der Waals surface area contributed by atoms with E-state index in [2.05, 4.69) is 0 Å². The number of sulfonamides is 1. The lowest BCUT2D eigenvalue weighted by Gasteiger charge is -2.27. The second kappa shape index (κ2) is 8.25. The average molecular weight is 401 g/mol. The number of carbonyl (C=O) groups excluding carboxylic acids is 1. The molecule has 1 heterocycles. The van der Waals surface area contributed by atoms with E-state index in [9.17, 15) is 13.2 Å². The van der Waals surface area contributed by atoms with Crippen LogP contribution in [-0.2, 0) is 14.8 Å². The van der Waals surface area contributed by atoms with Gasteiger partial charge < -0.3 is 9.64 Å². The molecule has 1 saturated heterocycles. The summed E-state index contributed by atoms with van der Waals surface area (Å²) < 4.78 is 32.4.